The maximum atomic E-state index is 13.0. The maximum absolute atomic E-state index is 13.0. The van der Waals surface area contributed by atoms with Gasteiger partial charge in [-0.05, 0) is 25.0 Å². The van der Waals surface area contributed by atoms with Gasteiger partial charge >= 0.3 is 0 Å². The van der Waals surface area contributed by atoms with Crippen molar-refractivity contribution in [3.05, 3.63) is 90.0 Å². The second-order valence-corrected chi connectivity index (χ2v) is 7.80. The molecular weight excluding hydrogens is 405 g/mol. The van der Waals surface area contributed by atoms with Gasteiger partial charge < -0.3 is 15.1 Å². The van der Waals surface area contributed by atoms with Crippen LogP contribution in [0, 0.1) is 12.7 Å². The van der Waals surface area contributed by atoms with E-state index in [0.717, 1.165) is 42.2 Å². The normalized spacial score (nSPS) is 12.1. The molecule has 0 saturated carbocycles. The molecule has 4 rings (SSSR count). The van der Waals surface area contributed by atoms with Crippen LogP contribution in [0.3, 0.4) is 0 Å². The Morgan fingerprint density at radius 1 is 0.875 bits per heavy atom. The van der Waals surface area contributed by atoms with E-state index in [4.69, 9.17) is 4.42 Å². The average Bonchev–Trinajstić information content (AvgIpc) is 3.25. The number of aromatic nitrogens is 3. The highest BCUT2D eigenvalue weighted by molar-refractivity contribution is 5.59. The minimum absolute atomic E-state index is 0.311. The van der Waals surface area contributed by atoms with Gasteiger partial charge in [-0.15, -0.1) is 0 Å². The van der Waals surface area contributed by atoms with Crippen molar-refractivity contribution in [3.63, 3.8) is 0 Å². The number of aryl methyl sites for hydroxylation is 1. The molecule has 0 fully saturated rings. The largest absolute Gasteiger partial charge is 0.443 e. The summed E-state index contributed by atoms with van der Waals surface area (Å²) >= 11 is 0. The molecule has 0 amide bonds. The van der Waals surface area contributed by atoms with E-state index in [1.807, 2.05) is 31.2 Å². The van der Waals surface area contributed by atoms with Gasteiger partial charge in [-0.3, -0.25) is 0 Å². The minimum Gasteiger partial charge on any atom is -0.443 e. The highest BCUT2D eigenvalue weighted by Crippen LogP contribution is 2.22. The Labute approximate surface area is 187 Å². The van der Waals surface area contributed by atoms with E-state index >= 15 is 0 Å². The zero-order chi connectivity index (χ0) is 22.3. The van der Waals surface area contributed by atoms with E-state index in [1.165, 1.54) is 29.9 Å². The van der Waals surface area contributed by atoms with Crippen LogP contribution in [-0.4, -0.2) is 27.5 Å². The molecule has 6 nitrogen and oxygen atoms in total. The number of benzene rings is 2. The van der Waals surface area contributed by atoms with Gasteiger partial charge in [-0.25, -0.2) is 19.3 Å². The highest BCUT2D eigenvalue weighted by atomic mass is 19.1. The molecule has 7 heteroatoms. The molecule has 2 N–H and O–H groups in total. The van der Waals surface area contributed by atoms with E-state index in [0.29, 0.717) is 11.9 Å². The Bertz CT molecular complexity index is 1120. The lowest BCUT2D eigenvalue weighted by atomic mass is 10.1. The van der Waals surface area contributed by atoms with Crippen LogP contribution in [0.15, 0.2) is 71.7 Å². The molecule has 164 valence electrons. The van der Waals surface area contributed by atoms with E-state index in [2.05, 4.69) is 56.8 Å². The smallest absolute Gasteiger partial charge is 0.181 e. The molecule has 0 aliphatic carbocycles. The second-order valence-electron chi connectivity index (χ2n) is 7.80. The minimum atomic E-state index is -0.435. The van der Waals surface area contributed by atoms with Crippen molar-refractivity contribution in [2.45, 2.75) is 33.0 Å². The van der Waals surface area contributed by atoms with E-state index in [-0.39, 0.29) is 0 Å². The van der Waals surface area contributed by atoms with Crippen LogP contribution >= 0.6 is 0 Å². The van der Waals surface area contributed by atoms with Gasteiger partial charge in [0, 0.05) is 36.8 Å². The van der Waals surface area contributed by atoms with Gasteiger partial charge in [0.1, 0.15) is 0 Å². The van der Waals surface area contributed by atoms with E-state index in [9.17, 15) is 4.39 Å². The lowest BCUT2D eigenvalue weighted by molar-refractivity contribution is 0.501. The van der Waals surface area contributed by atoms with E-state index in [1.54, 1.807) is 0 Å². The predicted octanol–water partition coefficient (Wildman–Crippen LogP) is 4.51. The monoisotopic (exact) mass is 431 g/mol. The lowest BCUT2D eigenvalue weighted by Gasteiger charge is -2.15. The average molecular weight is 432 g/mol. The molecular formula is C25H26FN5O. The number of halogens is 1. The van der Waals surface area contributed by atoms with Gasteiger partial charge in [0.05, 0.1) is 18.1 Å². The maximum Gasteiger partial charge on any atom is 0.181 e. The molecule has 0 spiro atoms. The SMILES string of the molecule is Cc1ncoc1-c1ccc(CNCC(C)NCc2ccc(-c3ncc(F)cn3)cc2)cc1. The lowest BCUT2D eigenvalue weighted by Crippen LogP contribution is -2.35. The molecule has 0 aliphatic heterocycles. The van der Waals surface area contributed by atoms with Crippen LogP contribution in [0.25, 0.3) is 22.7 Å². The van der Waals surface area contributed by atoms with Crippen LogP contribution in [0.1, 0.15) is 23.7 Å². The molecule has 2 heterocycles. The molecule has 2 aromatic heterocycles. The Balaban J connectivity index is 1.20. The highest BCUT2D eigenvalue weighted by Gasteiger charge is 2.07. The Morgan fingerprint density at radius 3 is 2.12 bits per heavy atom. The Kier molecular flexibility index (Phi) is 6.99. The van der Waals surface area contributed by atoms with E-state index < -0.39 is 5.82 Å². The standard InChI is InChI=1S/C25H26FN5O/c1-17(11-27-12-19-3-7-21(8-4-19)24-18(2)31-16-32-24)28-13-20-5-9-22(10-6-20)25-29-14-23(26)15-30-25/h3-10,14-17,27-28H,11-13H2,1-2H3. The summed E-state index contributed by atoms with van der Waals surface area (Å²) in [5, 5.41) is 7.02. The van der Waals surface area contributed by atoms with Crippen LogP contribution in [0.4, 0.5) is 4.39 Å². The molecule has 0 radical (unpaired) electrons. The molecule has 1 atom stereocenters. The van der Waals surface area contributed by atoms with Crippen molar-refractivity contribution >= 4 is 0 Å². The summed E-state index contributed by atoms with van der Waals surface area (Å²) in [7, 11) is 0. The van der Waals surface area contributed by atoms with Gasteiger partial charge in [0.15, 0.2) is 23.8 Å². The molecule has 0 bridgehead atoms. The number of hydrogen-bond donors (Lipinski definition) is 2. The molecule has 2 aromatic carbocycles. The number of hydrogen-bond acceptors (Lipinski definition) is 6. The van der Waals surface area contributed by atoms with Gasteiger partial charge in [-0.2, -0.15) is 0 Å². The zero-order valence-electron chi connectivity index (χ0n) is 18.2. The Hall–Kier alpha value is -3.42. The summed E-state index contributed by atoms with van der Waals surface area (Å²) in [6.45, 7) is 6.51. The Morgan fingerprint density at radius 2 is 1.50 bits per heavy atom. The number of nitrogens with one attached hydrogen (secondary N) is 2. The molecule has 1 unspecified atom stereocenters. The summed E-state index contributed by atoms with van der Waals surface area (Å²) in [6.07, 6.45) is 3.83. The van der Waals surface area contributed by atoms with Crippen molar-refractivity contribution in [2.75, 3.05) is 6.54 Å². The number of rotatable bonds is 9. The summed E-state index contributed by atoms with van der Waals surface area (Å²) in [6, 6.07) is 16.6. The van der Waals surface area contributed by atoms with Crippen LogP contribution in [-0.2, 0) is 13.1 Å². The third-order valence-electron chi connectivity index (χ3n) is 5.23. The van der Waals surface area contributed by atoms with Crippen molar-refractivity contribution in [3.8, 4) is 22.7 Å². The first-order chi connectivity index (χ1) is 15.6. The van der Waals surface area contributed by atoms with Gasteiger partial charge in [-0.1, -0.05) is 48.5 Å². The molecule has 4 aromatic rings. The second kappa shape index (κ2) is 10.3. The molecule has 0 aliphatic rings. The molecule has 0 saturated heterocycles. The van der Waals surface area contributed by atoms with Crippen LogP contribution < -0.4 is 10.6 Å². The fraction of sp³-hybridized carbons (Fsp3) is 0.240. The summed E-state index contributed by atoms with van der Waals surface area (Å²) < 4.78 is 18.4. The van der Waals surface area contributed by atoms with Crippen molar-refractivity contribution < 1.29 is 8.81 Å². The quantitative estimate of drug-likeness (QED) is 0.406. The number of nitrogens with zero attached hydrogens (tertiary/aromatic N) is 3. The summed E-state index contributed by atoms with van der Waals surface area (Å²) in [4.78, 5) is 12.2. The third-order valence-corrected chi connectivity index (χ3v) is 5.23. The van der Waals surface area contributed by atoms with Gasteiger partial charge in [0.25, 0.3) is 0 Å². The first-order valence-electron chi connectivity index (χ1n) is 10.6. The fourth-order valence-electron chi connectivity index (χ4n) is 3.38. The van der Waals surface area contributed by atoms with Crippen molar-refractivity contribution in [1.29, 1.82) is 0 Å². The summed E-state index contributed by atoms with van der Waals surface area (Å²) in [5.74, 6) is 0.906. The van der Waals surface area contributed by atoms with Crippen molar-refractivity contribution in [1.82, 2.24) is 25.6 Å². The number of oxazole rings is 1. The van der Waals surface area contributed by atoms with Crippen LogP contribution in [0.5, 0.6) is 0 Å². The predicted molar refractivity (Wildman–Crippen MR) is 122 cm³/mol. The first-order valence-corrected chi connectivity index (χ1v) is 10.6. The van der Waals surface area contributed by atoms with Crippen LogP contribution in [0.2, 0.25) is 0 Å². The zero-order valence-corrected chi connectivity index (χ0v) is 18.2. The van der Waals surface area contributed by atoms with Crippen molar-refractivity contribution in [2.24, 2.45) is 0 Å². The third kappa shape index (κ3) is 5.63. The fourth-order valence-corrected chi connectivity index (χ4v) is 3.38. The molecule has 32 heavy (non-hydrogen) atoms. The first kappa shape index (κ1) is 21.8. The summed E-state index contributed by atoms with van der Waals surface area (Å²) in [5.41, 5.74) is 5.19. The van der Waals surface area contributed by atoms with Gasteiger partial charge in [0.2, 0.25) is 0 Å². The topological polar surface area (TPSA) is 75.9 Å².